The second-order valence-electron chi connectivity index (χ2n) is 2.84. The summed E-state index contributed by atoms with van der Waals surface area (Å²) in [4.78, 5) is 1.99. The van der Waals surface area contributed by atoms with Crippen molar-refractivity contribution in [2.45, 2.75) is 6.92 Å². The van der Waals surface area contributed by atoms with Crippen molar-refractivity contribution in [1.29, 1.82) is 0 Å². The smallest absolute Gasteiger partial charge is 0.0390 e. The minimum absolute atomic E-state index is 0.0769. The number of anilines is 1. The van der Waals surface area contributed by atoms with Gasteiger partial charge in [-0.1, -0.05) is 12.1 Å². The summed E-state index contributed by atoms with van der Waals surface area (Å²) in [5.41, 5.74) is 2.13. The first-order valence-electron chi connectivity index (χ1n) is 3.56. The highest BCUT2D eigenvalue weighted by Gasteiger charge is 1.96. The van der Waals surface area contributed by atoms with Crippen LogP contribution in [0.25, 0.3) is 0 Å². The third-order valence-corrected chi connectivity index (χ3v) is 1.65. The fourth-order valence-corrected chi connectivity index (χ4v) is 1.13. The zero-order chi connectivity index (χ0) is 8.43. The van der Waals surface area contributed by atoms with E-state index in [1.165, 1.54) is 0 Å². The summed E-state index contributed by atoms with van der Waals surface area (Å²) in [6.45, 7) is 1.94. The van der Waals surface area contributed by atoms with Gasteiger partial charge in [0.05, 0.1) is 0 Å². The number of aryl methyl sites for hydroxylation is 1. The molecule has 2 nitrogen and oxygen atoms in total. The molecule has 0 spiro atoms. The van der Waals surface area contributed by atoms with Crippen LogP contribution in [0.3, 0.4) is 0 Å². The van der Waals surface area contributed by atoms with Crippen molar-refractivity contribution in [1.82, 2.24) is 0 Å². The Kier molecular flexibility index (Phi) is 2.03. The third-order valence-electron chi connectivity index (χ3n) is 1.65. The van der Waals surface area contributed by atoms with Crippen molar-refractivity contribution in [3.8, 4) is 5.75 Å². The predicted octanol–water partition coefficient (Wildman–Crippen LogP) is 1.13. The minimum Gasteiger partial charge on any atom is -0.872 e. The molecule has 0 amide bonds. The van der Waals surface area contributed by atoms with Crippen molar-refractivity contribution >= 4 is 5.69 Å². The number of hydrogen-bond acceptors (Lipinski definition) is 2. The molecule has 0 aliphatic heterocycles. The van der Waals surface area contributed by atoms with Gasteiger partial charge in [-0.2, -0.15) is 0 Å². The number of hydrogen-bond donors (Lipinski definition) is 0. The maximum Gasteiger partial charge on any atom is 0.0390 e. The van der Waals surface area contributed by atoms with Crippen molar-refractivity contribution in [3.05, 3.63) is 23.8 Å². The maximum atomic E-state index is 10.8. The summed E-state index contributed by atoms with van der Waals surface area (Å²) in [7, 11) is 3.93. The molecule has 0 aliphatic carbocycles. The maximum absolute atomic E-state index is 10.8. The molecule has 1 aromatic carbocycles. The molecule has 0 radical (unpaired) electrons. The number of nitrogens with zero attached hydrogens (tertiary/aromatic N) is 1. The lowest BCUT2D eigenvalue weighted by molar-refractivity contribution is -0.268. The van der Waals surface area contributed by atoms with E-state index in [1.54, 1.807) is 12.1 Å². The largest absolute Gasteiger partial charge is 0.872 e. The van der Waals surface area contributed by atoms with Crippen LogP contribution in [-0.2, 0) is 0 Å². The molecule has 0 fully saturated rings. The van der Waals surface area contributed by atoms with E-state index in [9.17, 15) is 5.11 Å². The molecule has 0 unspecified atom stereocenters. The Morgan fingerprint density at radius 3 is 2.36 bits per heavy atom. The van der Waals surface area contributed by atoms with E-state index in [0.717, 1.165) is 11.3 Å². The van der Waals surface area contributed by atoms with E-state index >= 15 is 0 Å². The Morgan fingerprint density at radius 1 is 1.27 bits per heavy atom. The highest BCUT2D eigenvalue weighted by atomic mass is 16.3. The lowest BCUT2D eigenvalue weighted by Gasteiger charge is -2.17. The third kappa shape index (κ3) is 1.64. The molecule has 0 atom stereocenters. The van der Waals surface area contributed by atoms with Crippen LogP contribution < -0.4 is 10.0 Å². The van der Waals surface area contributed by atoms with Crippen LogP contribution in [0.4, 0.5) is 5.69 Å². The topological polar surface area (TPSA) is 26.3 Å². The Morgan fingerprint density at radius 2 is 1.91 bits per heavy atom. The summed E-state index contributed by atoms with van der Waals surface area (Å²) in [6, 6.07) is 5.08. The molecule has 0 saturated heterocycles. The molecule has 1 rings (SSSR count). The first-order valence-corrected chi connectivity index (χ1v) is 3.56. The van der Waals surface area contributed by atoms with Gasteiger partial charge in [-0.15, -0.1) is 5.75 Å². The molecule has 60 valence electrons. The number of benzene rings is 1. The second-order valence-corrected chi connectivity index (χ2v) is 2.84. The summed E-state index contributed by atoms with van der Waals surface area (Å²) in [6.07, 6.45) is 0. The van der Waals surface area contributed by atoms with E-state index in [0.29, 0.717) is 0 Å². The van der Waals surface area contributed by atoms with E-state index < -0.39 is 0 Å². The van der Waals surface area contributed by atoms with E-state index in [-0.39, 0.29) is 5.75 Å². The fourth-order valence-electron chi connectivity index (χ4n) is 1.13. The van der Waals surface area contributed by atoms with Crippen molar-refractivity contribution in [2.24, 2.45) is 0 Å². The molecular formula is C9H12NO-. The molecule has 0 heterocycles. The molecule has 0 bridgehead atoms. The van der Waals surface area contributed by atoms with E-state index in [4.69, 9.17) is 0 Å². The van der Waals surface area contributed by atoms with Gasteiger partial charge in [0.1, 0.15) is 0 Å². The van der Waals surface area contributed by atoms with Gasteiger partial charge in [-0.05, 0) is 18.6 Å². The SMILES string of the molecule is Cc1cc([O-])ccc1N(C)C. The zero-order valence-corrected chi connectivity index (χ0v) is 7.09. The first kappa shape index (κ1) is 7.92. The average Bonchev–Trinajstić information content (AvgIpc) is 1.85. The monoisotopic (exact) mass is 150 g/mol. The second kappa shape index (κ2) is 2.82. The number of rotatable bonds is 1. The Bertz CT molecular complexity index is 256. The van der Waals surface area contributed by atoms with Gasteiger partial charge in [0, 0.05) is 19.8 Å². The lowest BCUT2D eigenvalue weighted by atomic mass is 10.2. The Hall–Kier alpha value is -1.18. The van der Waals surface area contributed by atoms with Gasteiger partial charge in [0.25, 0.3) is 0 Å². The van der Waals surface area contributed by atoms with Crippen LogP contribution in [0.5, 0.6) is 5.75 Å². The molecular weight excluding hydrogens is 138 g/mol. The normalized spacial score (nSPS) is 9.73. The van der Waals surface area contributed by atoms with Crippen LogP contribution >= 0.6 is 0 Å². The molecule has 1 aromatic rings. The molecule has 0 aromatic heterocycles. The standard InChI is InChI=1S/C9H13NO/c1-7-6-8(11)4-5-9(7)10(2)3/h4-6,11H,1-3H3/p-1. The van der Waals surface area contributed by atoms with Crippen molar-refractivity contribution in [2.75, 3.05) is 19.0 Å². The van der Waals surface area contributed by atoms with E-state index in [2.05, 4.69) is 0 Å². The van der Waals surface area contributed by atoms with Crippen LogP contribution in [0, 0.1) is 6.92 Å². The first-order chi connectivity index (χ1) is 5.11. The molecule has 0 N–H and O–H groups in total. The predicted molar refractivity (Wildman–Crippen MR) is 45.0 cm³/mol. The van der Waals surface area contributed by atoms with Crippen LogP contribution in [0.2, 0.25) is 0 Å². The molecule has 11 heavy (non-hydrogen) atoms. The average molecular weight is 150 g/mol. The summed E-state index contributed by atoms with van der Waals surface area (Å²) < 4.78 is 0. The highest BCUT2D eigenvalue weighted by Crippen LogP contribution is 2.20. The van der Waals surface area contributed by atoms with Gasteiger partial charge in [0.15, 0.2) is 0 Å². The van der Waals surface area contributed by atoms with Crippen LogP contribution in [-0.4, -0.2) is 14.1 Å². The zero-order valence-electron chi connectivity index (χ0n) is 7.09. The molecule has 0 saturated carbocycles. The highest BCUT2D eigenvalue weighted by molar-refractivity contribution is 5.54. The van der Waals surface area contributed by atoms with Gasteiger partial charge >= 0.3 is 0 Å². The van der Waals surface area contributed by atoms with Gasteiger partial charge in [-0.25, -0.2) is 0 Å². The summed E-state index contributed by atoms with van der Waals surface area (Å²) in [5.74, 6) is 0.0769. The van der Waals surface area contributed by atoms with Crippen LogP contribution in [0.1, 0.15) is 5.56 Å². The van der Waals surface area contributed by atoms with E-state index in [1.807, 2.05) is 32.0 Å². The minimum atomic E-state index is 0.0769. The lowest BCUT2D eigenvalue weighted by Crippen LogP contribution is -2.10. The van der Waals surface area contributed by atoms with Crippen molar-refractivity contribution < 1.29 is 5.11 Å². The Labute approximate surface area is 67.1 Å². The summed E-state index contributed by atoms with van der Waals surface area (Å²) >= 11 is 0. The molecule has 2 heteroatoms. The van der Waals surface area contributed by atoms with Gasteiger partial charge in [-0.3, -0.25) is 0 Å². The fraction of sp³-hybridized carbons (Fsp3) is 0.333. The van der Waals surface area contributed by atoms with Crippen LogP contribution in [0.15, 0.2) is 18.2 Å². The Balaban J connectivity index is 3.09. The van der Waals surface area contributed by atoms with Gasteiger partial charge in [0.2, 0.25) is 0 Å². The quantitative estimate of drug-likeness (QED) is 0.600. The van der Waals surface area contributed by atoms with Gasteiger partial charge < -0.3 is 10.0 Å². The summed E-state index contributed by atoms with van der Waals surface area (Å²) in [5, 5.41) is 10.8. The van der Waals surface area contributed by atoms with Crippen molar-refractivity contribution in [3.63, 3.8) is 0 Å². The molecule has 0 aliphatic rings.